The fourth-order valence-corrected chi connectivity index (χ4v) is 3.32. The number of thioether (sulfide) groups is 1. The van der Waals surface area contributed by atoms with Gasteiger partial charge in [-0.05, 0) is 30.7 Å². The number of aryl methyl sites for hydroxylation is 1. The minimum Gasteiger partial charge on any atom is -0.480 e. The molecule has 0 fully saturated rings. The minimum absolute atomic E-state index is 0.0469. The van der Waals surface area contributed by atoms with Crippen molar-refractivity contribution in [1.29, 1.82) is 0 Å². The van der Waals surface area contributed by atoms with E-state index in [2.05, 4.69) is 6.07 Å². The molecule has 2 unspecified atom stereocenters. The van der Waals surface area contributed by atoms with Crippen LogP contribution in [0.25, 0.3) is 0 Å². The molecule has 0 bridgehead atoms. The van der Waals surface area contributed by atoms with E-state index in [1.54, 1.807) is 11.8 Å². The summed E-state index contributed by atoms with van der Waals surface area (Å²) in [5, 5.41) is 8.98. The summed E-state index contributed by atoms with van der Waals surface area (Å²) < 4.78 is 0. The van der Waals surface area contributed by atoms with Crippen molar-refractivity contribution >= 4 is 17.7 Å². The number of hydrogen-bond donors (Lipinski definition) is 2. The Hall–Kier alpha value is -1.00. The van der Waals surface area contributed by atoms with Gasteiger partial charge in [0.25, 0.3) is 0 Å². The molecule has 1 aromatic carbocycles. The zero-order valence-corrected chi connectivity index (χ0v) is 9.96. The number of hydrogen-bond acceptors (Lipinski definition) is 3. The Labute approximate surface area is 99.0 Å². The van der Waals surface area contributed by atoms with Gasteiger partial charge < -0.3 is 10.8 Å². The van der Waals surface area contributed by atoms with Gasteiger partial charge in [-0.25, -0.2) is 0 Å². The first-order valence-electron chi connectivity index (χ1n) is 5.31. The molecule has 0 amide bonds. The largest absolute Gasteiger partial charge is 0.480 e. The minimum atomic E-state index is -0.913. The molecule has 2 rings (SSSR count). The first-order chi connectivity index (χ1) is 7.59. The Morgan fingerprint density at radius 3 is 3.06 bits per heavy atom. The molecule has 0 spiro atoms. The summed E-state index contributed by atoms with van der Waals surface area (Å²) in [6.45, 7) is 2.04. The monoisotopic (exact) mass is 237 g/mol. The third-order valence-electron chi connectivity index (χ3n) is 2.97. The van der Waals surface area contributed by atoms with Crippen LogP contribution in [-0.4, -0.2) is 22.9 Å². The average Bonchev–Trinajstić information content (AvgIpc) is 2.26. The van der Waals surface area contributed by atoms with Gasteiger partial charge in [0.1, 0.15) is 6.04 Å². The fourth-order valence-electron chi connectivity index (χ4n) is 2.07. The SMILES string of the molecule is Cc1ccc2c(c1)SCCC2C(N)C(=O)O. The molecule has 86 valence electrons. The van der Waals surface area contributed by atoms with E-state index >= 15 is 0 Å². The zero-order chi connectivity index (χ0) is 11.7. The summed E-state index contributed by atoms with van der Waals surface area (Å²) in [5.74, 6) is -0.0139. The maximum Gasteiger partial charge on any atom is 0.321 e. The van der Waals surface area contributed by atoms with E-state index in [0.717, 1.165) is 17.7 Å². The molecule has 3 nitrogen and oxygen atoms in total. The summed E-state index contributed by atoms with van der Waals surface area (Å²) in [5.41, 5.74) is 8.03. The van der Waals surface area contributed by atoms with Crippen LogP contribution in [0.5, 0.6) is 0 Å². The number of nitrogens with two attached hydrogens (primary N) is 1. The van der Waals surface area contributed by atoms with E-state index in [4.69, 9.17) is 10.8 Å². The summed E-state index contributed by atoms with van der Waals surface area (Å²) in [6, 6.07) is 5.36. The highest BCUT2D eigenvalue weighted by Gasteiger charge is 2.30. The van der Waals surface area contributed by atoms with Gasteiger partial charge >= 0.3 is 5.97 Å². The van der Waals surface area contributed by atoms with Crippen molar-refractivity contribution in [2.45, 2.75) is 30.2 Å². The number of aliphatic carboxylic acids is 1. The fraction of sp³-hybridized carbons (Fsp3) is 0.417. The van der Waals surface area contributed by atoms with Gasteiger partial charge in [0.15, 0.2) is 0 Å². The Bertz CT molecular complexity index is 419. The molecule has 1 aliphatic heterocycles. The number of carbonyl (C=O) groups is 1. The number of benzene rings is 1. The standard InChI is InChI=1S/C12H15NO2S/c1-7-2-3-8-9(11(13)12(14)15)4-5-16-10(8)6-7/h2-3,6,9,11H,4-5,13H2,1H3,(H,14,15). The quantitative estimate of drug-likeness (QED) is 0.825. The lowest BCUT2D eigenvalue weighted by atomic mass is 9.88. The van der Waals surface area contributed by atoms with Crippen molar-refractivity contribution in [1.82, 2.24) is 0 Å². The Morgan fingerprint density at radius 1 is 1.62 bits per heavy atom. The van der Waals surface area contributed by atoms with E-state index in [-0.39, 0.29) is 5.92 Å². The Morgan fingerprint density at radius 2 is 2.38 bits per heavy atom. The maximum atomic E-state index is 10.9. The predicted octanol–water partition coefficient (Wildman–Crippen LogP) is 1.99. The molecule has 4 heteroatoms. The van der Waals surface area contributed by atoms with Crippen LogP contribution in [0, 0.1) is 6.92 Å². The first kappa shape index (κ1) is 11.5. The van der Waals surface area contributed by atoms with Crippen LogP contribution < -0.4 is 5.73 Å². The van der Waals surface area contributed by atoms with Crippen LogP contribution in [0.3, 0.4) is 0 Å². The normalized spacial score (nSPS) is 21.2. The van der Waals surface area contributed by atoms with Gasteiger partial charge in [-0.15, -0.1) is 11.8 Å². The van der Waals surface area contributed by atoms with Crippen LogP contribution in [0.2, 0.25) is 0 Å². The highest BCUT2D eigenvalue weighted by Crippen LogP contribution is 2.39. The van der Waals surface area contributed by atoms with Crippen LogP contribution in [0.4, 0.5) is 0 Å². The lowest BCUT2D eigenvalue weighted by Gasteiger charge is -2.27. The summed E-state index contributed by atoms with van der Waals surface area (Å²) in [6.07, 6.45) is 0.841. The molecule has 1 aromatic rings. The van der Waals surface area contributed by atoms with Crippen molar-refractivity contribution in [3.05, 3.63) is 29.3 Å². The van der Waals surface area contributed by atoms with Gasteiger partial charge in [0, 0.05) is 10.8 Å². The molecule has 0 radical (unpaired) electrons. The smallest absolute Gasteiger partial charge is 0.321 e. The second-order valence-electron chi connectivity index (χ2n) is 4.15. The second-order valence-corrected chi connectivity index (χ2v) is 5.29. The molecule has 0 aromatic heterocycles. The van der Waals surface area contributed by atoms with E-state index in [1.807, 2.05) is 19.1 Å². The highest BCUT2D eigenvalue weighted by molar-refractivity contribution is 7.99. The van der Waals surface area contributed by atoms with Crippen LogP contribution in [0.1, 0.15) is 23.5 Å². The summed E-state index contributed by atoms with van der Waals surface area (Å²) in [7, 11) is 0. The van der Waals surface area contributed by atoms with E-state index in [1.165, 1.54) is 10.5 Å². The zero-order valence-electron chi connectivity index (χ0n) is 9.14. The van der Waals surface area contributed by atoms with Gasteiger partial charge in [-0.3, -0.25) is 4.79 Å². The van der Waals surface area contributed by atoms with Gasteiger partial charge in [0.2, 0.25) is 0 Å². The van der Waals surface area contributed by atoms with Crippen LogP contribution in [-0.2, 0) is 4.79 Å². The van der Waals surface area contributed by atoms with Gasteiger partial charge in [-0.1, -0.05) is 17.7 Å². The van der Waals surface area contributed by atoms with E-state index < -0.39 is 12.0 Å². The maximum absolute atomic E-state index is 10.9. The molecule has 1 aliphatic rings. The summed E-state index contributed by atoms with van der Waals surface area (Å²) in [4.78, 5) is 12.1. The molecule has 16 heavy (non-hydrogen) atoms. The molecular formula is C12H15NO2S. The molecule has 2 atom stereocenters. The van der Waals surface area contributed by atoms with Crippen molar-refractivity contribution in [2.24, 2.45) is 5.73 Å². The number of carboxylic acids is 1. The topological polar surface area (TPSA) is 63.3 Å². The lowest BCUT2D eigenvalue weighted by molar-refractivity contribution is -0.139. The number of fused-ring (bicyclic) bond motifs is 1. The molecular weight excluding hydrogens is 222 g/mol. The van der Waals surface area contributed by atoms with Crippen LogP contribution in [0.15, 0.2) is 23.1 Å². The molecule has 0 aliphatic carbocycles. The first-order valence-corrected chi connectivity index (χ1v) is 6.30. The molecule has 0 saturated carbocycles. The Balaban J connectivity index is 2.36. The van der Waals surface area contributed by atoms with Gasteiger partial charge in [0.05, 0.1) is 0 Å². The molecule has 3 N–H and O–H groups in total. The second kappa shape index (κ2) is 4.47. The summed E-state index contributed by atoms with van der Waals surface area (Å²) >= 11 is 1.79. The molecule has 0 saturated heterocycles. The lowest BCUT2D eigenvalue weighted by Crippen LogP contribution is -2.37. The highest BCUT2D eigenvalue weighted by atomic mass is 32.2. The number of carboxylic acid groups (broad SMARTS) is 1. The predicted molar refractivity (Wildman–Crippen MR) is 64.9 cm³/mol. The van der Waals surface area contributed by atoms with Crippen molar-refractivity contribution in [3.8, 4) is 0 Å². The van der Waals surface area contributed by atoms with Crippen molar-refractivity contribution < 1.29 is 9.90 Å². The van der Waals surface area contributed by atoms with Gasteiger partial charge in [-0.2, -0.15) is 0 Å². The molecule has 1 heterocycles. The third kappa shape index (κ3) is 2.08. The number of rotatable bonds is 2. The van der Waals surface area contributed by atoms with Crippen molar-refractivity contribution in [2.75, 3.05) is 5.75 Å². The third-order valence-corrected chi connectivity index (χ3v) is 4.08. The van der Waals surface area contributed by atoms with E-state index in [9.17, 15) is 4.79 Å². The van der Waals surface area contributed by atoms with E-state index in [0.29, 0.717) is 0 Å². The average molecular weight is 237 g/mol. The Kier molecular flexibility index (Phi) is 3.21. The van der Waals surface area contributed by atoms with Crippen LogP contribution >= 0.6 is 11.8 Å². The van der Waals surface area contributed by atoms with Crippen molar-refractivity contribution in [3.63, 3.8) is 0 Å².